The number of pyridine rings is 1. The van der Waals surface area contributed by atoms with E-state index in [0.717, 1.165) is 16.5 Å². The number of halogens is 1. The van der Waals surface area contributed by atoms with E-state index in [4.69, 9.17) is 11.6 Å². The maximum atomic E-state index is 12.3. The average molecular weight is 297 g/mol. The summed E-state index contributed by atoms with van der Waals surface area (Å²) in [6, 6.07) is 18.8. The van der Waals surface area contributed by atoms with E-state index in [1.807, 2.05) is 54.6 Å². The lowest BCUT2D eigenvalue weighted by Crippen LogP contribution is -2.14. The van der Waals surface area contributed by atoms with Gasteiger partial charge in [-0.25, -0.2) is 4.98 Å². The highest BCUT2D eigenvalue weighted by Crippen LogP contribution is 2.18. The van der Waals surface area contributed by atoms with Gasteiger partial charge in [0.05, 0.1) is 5.52 Å². The molecule has 0 spiro atoms. The summed E-state index contributed by atoms with van der Waals surface area (Å²) in [7, 11) is 0. The molecule has 1 aromatic heterocycles. The Morgan fingerprint density at radius 1 is 1.00 bits per heavy atom. The SMILES string of the molecule is O=C(Nc1ccccc1CCl)c1ccc2ccccc2n1. The molecule has 0 saturated heterocycles. The number of nitrogens with one attached hydrogen (secondary N) is 1. The summed E-state index contributed by atoms with van der Waals surface area (Å²) < 4.78 is 0. The average Bonchev–Trinajstić information content (AvgIpc) is 2.55. The fourth-order valence-electron chi connectivity index (χ4n) is 2.14. The molecule has 0 radical (unpaired) electrons. The van der Waals surface area contributed by atoms with E-state index >= 15 is 0 Å². The predicted octanol–water partition coefficient (Wildman–Crippen LogP) is 4.23. The van der Waals surface area contributed by atoms with Crippen molar-refractivity contribution in [3.05, 3.63) is 71.9 Å². The minimum atomic E-state index is -0.238. The van der Waals surface area contributed by atoms with Crippen molar-refractivity contribution in [1.82, 2.24) is 4.98 Å². The van der Waals surface area contributed by atoms with E-state index < -0.39 is 0 Å². The van der Waals surface area contributed by atoms with Crippen LogP contribution in [0.4, 0.5) is 5.69 Å². The third-order valence-corrected chi connectivity index (χ3v) is 3.53. The quantitative estimate of drug-likeness (QED) is 0.735. The second-order valence-corrected chi connectivity index (χ2v) is 4.90. The van der Waals surface area contributed by atoms with Gasteiger partial charge in [0.1, 0.15) is 5.69 Å². The first kappa shape index (κ1) is 13.6. The molecule has 1 N–H and O–H groups in total. The van der Waals surface area contributed by atoms with Gasteiger partial charge in [-0.2, -0.15) is 0 Å². The number of hydrogen-bond donors (Lipinski definition) is 1. The molecule has 2 aromatic carbocycles. The van der Waals surface area contributed by atoms with Crippen LogP contribution in [0, 0.1) is 0 Å². The zero-order chi connectivity index (χ0) is 14.7. The number of nitrogens with zero attached hydrogens (tertiary/aromatic N) is 1. The highest BCUT2D eigenvalue weighted by molar-refractivity contribution is 6.17. The molecule has 0 aliphatic heterocycles. The van der Waals surface area contributed by atoms with Crippen molar-refractivity contribution >= 4 is 34.1 Å². The summed E-state index contributed by atoms with van der Waals surface area (Å²) >= 11 is 5.87. The molecular weight excluding hydrogens is 284 g/mol. The summed E-state index contributed by atoms with van der Waals surface area (Å²) in [6.45, 7) is 0. The number of amides is 1. The maximum Gasteiger partial charge on any atom is 0.274 e. The lowest BCUT2D eigenvalue weighted by Gasteiger charge is -2.09. The van der Waals surface area contributed by atoms with E-state index in [0.29, 0.717) is 17.3 Å². The van der Waals surface area contributed by atoms with E-state index in [-0.39, 0.29) is 5.91 Å². The topological polar surface area (TPSA) is 42.0 Å². The third kappa shape index (κ3) is 2.88. The lowest BCUT2D eigenvalue weighted by molar-refractivity contribution is 0.102. The summed E-state index contributed by atoms with van der Waals surface area (Å²) in [4.78, 5) is 16.7. The molecule has 4 heteroatoms. The number of rotatable bonds is 3. The van der Waals surface area contributed by atoms with Gasteiger partial charge in [-0.05, 0) is 23.8 Å². The van der Waals surface area contributed by atoms with Gasteiger partial charge in [-0.15, -0.1) is 11.6 Å². The Bertz CT molecular complexity index is 801. The van der Waals surface area contributed by atoms with E-state index in [1.54, 1.807) is 6.07 Å². The van der Waals surface area contributed by atoms with Gasteiger partial charge in [-0.1, -0.05) is 42.5 Å². The Balaban J connectivity index is 1.90. The Labute approximate surface area is 127 Å². The fraction of sp³-hybridized carbons (Fsp3) is 0.0588. The number of aromatic nitrogens is 1. The summed E-state index contributed by atoms with van der Waals surface area (Å²) in [6.07, 6.45) is 0. The molecule has 0 aliphatic carbocycles. The van der Waals surface area contributed by atoms with Crippen LogP contribution >= 0.6 is 11.6 Å². The Hall–Kier alpha value is -2.39. The summed E-state index contributed by atoms with van der Waals surface area (Å²) in [5, 5.41) is 3.87. The minimum Gasteiger partial charge on any atom is -0.320 e. The number of anilines is 1. The van der Waals surface area contributed by atoms with Crippen molar-refractivity contribution in [3.8, 4) is 0 Å². The number of fused-ring (bicyclic) bond motifs is 1. The van der Waals surface area contributed by atoms with Crippen LogP contribution in [-0.4, -0.2) is 10.9 Å². The Morgan fingerprint density at radius 2 is 1.76 bits per heavy atom. The van der Waals surface area contributed by atoms with Crippen molar-refractivity contribution in [1.29, 1.82) is 0 Å². The molecule has 3 aromatic rings. The number of para-hydroxylation sites is 2. The molecule has 1 amide bonds. The molecule has 1 heterocycles. The largest absolute Gasteiger partial charge is 0.320 e. The number of hydrogen-bond acceptors (Lipinski definition) is 2. The van der Waals surface area contributed by atoms with Crippen LogP contribution in [0.25, 0.3) is 10.9 Å². The van der Waals surface area contributed by atoms with Crippen LogP contribution in [-0.2, 0) is 5.88 Å². The predicted molar refractivity (Wildman–Crippen MR) is 85.7 cm³/mol. The monoisotopic (exact) mass is 296 g/mol. The van der Waals surface area contributed by atoms with Crippen molar-refractivity contribution in [2.24, 2.45) is 0 Å². The number of carbonyl (C=O) groups is 1. The Morgan fingerprint density at radius 3 is 2.62 bits per heavy atom. The number of carbonyl (C=O) groups excluding carboxylic acids is 1. The van der Waals surface area contributed by atoms with Crippen molar-refractivity contribution in [2.45, 2.75) is 5.88 Å². The molecule has 3 rings (SSSR count). The van der Waals surface area contributed by atoms with Crippen molar-refractivity contribution < 1.29 is 4.79 Å². The van der Waals surface area contributed by atoms with E-state index in [1.165, 1.54) is 0 Å². The molecule has 0 aliphatic rings. The Kier molecular flexibility index (Phi) is 3.84. The van der Waals surface area contributed by atoms with Gasteiger partial charge >= 0.3 is 0 Å². The first-order valence-electron chi connectivity index (χ1n) is 6.59. The standard InChI is InChI=1S/C17H13ClN2O/c18-11-13-6-2-4-8-15(13)20-17(21)16-10-9-12-5-1-3-7-14(12)19-16/h1-10H,11H2,(H,20,21). The molecule has 3 nitrogen and oxygen atoms in total. The number of alkyl halides is 1. The molecule has 0 saturated carbocycles. The summed E-state index contributed by atoms with van der Waals surface area (Å²) in [5.74, 6) is 0.111. The maximum absolute atomic E-state index is 12.3. The van der Waals surface area contributed by atoms with Crippen LogP contribution in [0.1, 0.15) is 16.1 Å². The zero-order valence-corrected chi connectivity index (χ0v) is 12.0. The smallest absolute Gasteiger partial charge is 0.274 e. The van der Waals surface area contributed by atoms with E-state index in [9.17, 15) is 4.79 Å². The van der Waals surface area contributed by atoms with Crippen LogP contribution < -0.4 is 5.32 Å². The second-order valence-electron chi connectivity index (χ2n) is 4.63. The van der Waals surface area contributed by atoms with Crippen molar-refractivity contribution in [3.63, 3.8) is 0 Å². The van der Waals surface area contributed by atoms with E-state index in [2.05, 4.69) is 10.3 Å². The van der Waals surface area contributed by atoms with Gasteiger partial charge < -0.3 is 5.32 Å². The van der Waals surface area contributed by atoms with Gasteiger partial charge in [0.25, 0.3) is 5.91 Å². The highest BCUT2D eigenvalue weighted by Gasteiger charge is 2.10. The molecule has 0 fully saturated rings. The zero-order valence-electron chi connectivity index (χ0n) is 11.2. The van der Waals surface area contributed by atoms with Gasteiger partial charge in [0, 0.05) is 17.0 Å². The molecule has 0 bridgehead atoms. The van der Waals surface area contributed by atoms with Gasteiger partial charge in [-0.3, -0.25) is 4.79 Å². The first-order chi connectivity index (χ1) is 10.3. The molecule has 0 atom stereocenters. The molecular formula is C17H13ClN2O. The molecule has 104 valence electrons. The normalized spacial score (nSPS) is 10.5. The highest BCUT2D eigenvalue weighted by atomic mass is 35.5. The molecule has 21 heavy (non-hydrogen) atoms. The third-order valence-electron chi connectivity index (χ3n) is 3.24. The molecule has 0 unspecified atom stereocenters. The van der Waals surface area contributed by atoms with Gasteiger partial charge in [0.15, 0.2) is 0 Å². The van der Waals surface area contributed by atoms with Gasteiger partial charge in [0.2, 0.25) is 0 Å². The lowest BCUT2D eigenvalue weighted by atomic mass is 10.2. The minimum absolute atomic E-state index is 0.238. The number of benzene rings is 2. The van der Waals surface area contributed by atoms with Crippen LogP contribution in [0.3, 0.4) is 0 Å². The summed E-state index contributed by atoms with van der Waals surface area (Å²) in [5.41, 5.74) is 2.79. The first-order valence-corrected chi connectivity index (χ1v) is 7.12. The second kappa shape index (κ2) is 5.94. The van der Waals surface area contributed by atoms with Crippen LogP contribution in [0.5, 0.6) is 0 Å². The van der Waals surface area contributed by atoms with Crippen molar-refractivity contribution in [2.75, 3.05) is 5.32 Å². The van der Waals surface area contributed by atoms with Crippen LogP contribution in [0.15, 0.2) is 60.7 Å². The fourth-order valence-corrected chi connectivity index (χ4v) is 2.37. The van der Waals surface area contributed by atoms with Crippen LogP contribution in [0.2, 0.25) is 0 Å².